The van der Waals surface area contributed by atoms with E-state index in [1.807, 2.05) is 30.3 Å². The van der Waals surface area contributed by atoms with Gasteiger partial charge >= 0.3 is 0 Å². The van der Waals surface area contributed by atoms with Gasteiger partial charge in [-0.25, -0.2) is 0 Å². The lowest BCUT2D eigenvalue weighted by Gasteiger charge is -2.32. The van der Waals surface area contributed by atoms with Gasteiger partial charge in [-0.1, -0.05) is 18.2 Å². The lowest BCUT2D eigenvalue weighted by molar-refractivity contribution is -0.119. The van der Waals surface area contributed by atoms with Crippen LogP contribution in [0.15, 0.2) is 48.7 Å². The van der Waals surface area contributed by atoms with Crippen LogP contribution in [-0.4, -0.2) is 66.2 Å². The molecule has 1 aromatic heterocycles. The lowest BCUT2D eigenvalue weighted by Crippen LogP contribution is -2.48. The van der Waals surface area contributed by atoms with Crippen molar-refractivity contribution in [2.75, 3.05) is 38.1 Å². The molecule has 0 spiro atoms. The minimum Gasteiger partial charge on any atom is -0.342 e. The Bertz CT molecular complexity index is 801. The first-order valence-corrected chi connectivity index (χ1v) is 8.38. The number of carbonyl (C=O) groups is 3. The van der Waals surface area contributed by atoms with E-state index in [-0.39, 0.29) is 17.5 Å². The van der Waals surface area contributed by atoms with Gasteiger partial charge in [0.05, 0.1) is 0 Å². The number of nitrogens with zero attached hydrogens (tertiary/aromatic N) is 4. The van der Waals surface area contributed by atoms with E-state index in [9.17, 15) is 14.4 Å². The fourth-order valence-corrected chi connectivity index (χ4v) is 2.83. The highest BCUT2D eigenvalue weighted by Crippen LogP contribution is 2.15. The van der Waals surface area contributed by atoms with Gasteiger partial charge in [-0.3, -0.25) is 19.4 Å². The van der Waals surface area contributed by atoms with Gasteiger partial charge in [0.15, 0.2) is 0 Å². The lowest BCUT2D eigenvalue weighted by atomic mass is 10.1. The topological polar surface area (TPSA) is 73.8 Å². The van der Waals surface area contributed by atoms with Crippen molar-refractivity contribution in [3.63, 3.8) is 0 Å². The number of benzene rings is 1. The van der Waals surface area contributed by atoms with Crippen LogP contribution in [0.4, 0.5) is 5.69 Å². The first-order valence-electron chi connectivity index (χ1n) is 8.38. The van der Waals surface area contributed by atoms with E-state index in [2.05, 4.69) is 4.98 Å². The molecule has 1 fully saturated rings. The van der Waals surface area contributed by atoms with Gasteiger partial charge < -0.3 is 14.7 Å². The zero-order valence-electron chi connectivity index (χ0n) is 14.5. The number of carbonyl (C=O) groups excluding carboxylic acids is 3. The molecule has 7 heteroatoms. The smallest absolute Gasteiger partial charge is 0.276 e. The summed E-state index contributed by atoms with van der Waals surface area (Å²) >= 11 is 0. The second-order valence-electron chi connectivity index (χ2n) is 6.06. The predicted molar refractivity (Wildman–Crippen MR) is 97.0 cm³/mol. The molecule has 0 aliphatic carbocycles. The molecule has 0 saturated carbocycles. The van der Waals surface area contributed by atoms with Gasteiger partial charge in [0, 0.05) is 50.7 Å². The third kappa shape index (κ3) is 3.72. The van der Waals surface area contributed by atoms with Crippen molar-refractivity contribution in [3.8, 4) is 0 Å². The molecule has 26 heavy (non-hydrogen) atoms. The molecule has 0 radical (unpaired) electrons. The molecule has 1 aliphatic heterocycles. The van der Waals surface area contributed by atoms with Crippen molar-refractivity contribution in [3.05, 3.63) is 59.9 Å². The summed E-state index contributed by atoms with van der Waals surface area (Å²) in [6.07, 6.45) is 2.27. The van der Waals surface area contributed by atoms with Crippen molar-refractivity contribution >= 4 is 23.9 Å². The first-order chi connectivity index (χ1) is 12.6. The number of rotatable bonds is 4. The maximum atomic E-state index is 12.7. The van der Waals surface area contributed by atoms with Crippen LogP contribution in [0.3, 0.4) is 0 Å². The van der Waals surface area contributed by atoms with E-state index in [0.717, 1.165) is 12.1 Å². The third-order valence-electron chi connectivity index (χ3n) is 4.42. The van der Waals surface area contributed by atoms with E-state index < -0.39 is 0 Å². The summed E-state index contributed by atoms with van der Waals surface area (Å²) in [5, 5.41) is 0. The fourth-order valence-electron chi connectivity index (χ4n) is 2.83. The summed E-state index contributed by atoms with van der Waals surface area (Å²) in [6, 6.07) is 12.4. The van der Waals surface area contributed by atoms with Gasteiger partial charge in [-0.05, 0) is 24.3 Å². The van der Waals surface area contributed by atoms with E-state index in [0.29, 0.717) is 31.7 Å². The quantitative estimate of drug-likeness (QED) is 0.777. The zero-order chi connectivity index (χ0) is 18.5. The molecule has 0 N–H and O–H groups in total. The number of para-hydroxylation sites is 1. The van der Waals surface area contributed by atoms with Gasteiger partial charge in [-0.15, -0.1) is 0 Å². The Kier molecular flexibility index (Phi) is 5.26. The molecule has 3 amide bonds. The Morgan fingerprint density at radius 2 is 1.77 bits per heavy atom. The van der Waals surface area contributed by atoms with Gasteiger partial charge in [-0.2, -0.15) is 0 Å². The fraction of sp³-hybridized carbons (Fsp3) is 0.263. The number of aromatic nitrogens is 1. The molecule has 2 heterocycles. The van der Waals surface area contributed by atoms with Crippen molar-refractivity contribution in [1.82, 2.24) is 14.8 Å². The van der Waals surface area contributed by atoms with E-state index in [4.69, 9.17) is 0 Å². The molecular weight excluding hydrogens is 332 g/mol. The average Bonchev–Trinajstić information content (AvgIpc) is 2.73. The van der Waals surface area contributed by atoms with Crippen molar-refractivity contribution in [1.29, 1.82) is 0 Å². The summed E-state index contributed by atoms with van der Waals surface area (Å²) in [5.41, 5.74) is 1.39. The number of piperazine rings is 1. The second kappa shape index (κ2) is 7.77. The van der Waals surface area contributed by atoms with Crippen LogP contribution in [0.2, 0.25) is 0 Å². The molecule has 0 atom stereocenters. The highest BCUT2D eigenvalue weighted by atomic mass is 16.2. The predicted octanol–water partition coefficient (Wildman–Crippen LogP) is 1.27. The Morgan fingerprint density at radius 3 is 2.42 bits per heavy atom. The van der Waals surface area contributed by atoms with Gasteiger partial charge in [0.1, 0.15) is 5.69 Å². The number of hydrogen-bond donors (Lipinski definition) is 0. The monoisotopic (exact) mass is 352 g/mol. The molecule has 134 valence electrons. The van der Waals surface area contributed by atoms with Crippen LogP contribution in [0, 0.1) is 0 Å². The largest absolute Gasteiger partial charge is 0.342 e. The Morgan fingerprint density at radius 1 is 1.08 bits per heavy atom. The molecule has 1 saturated heterocycles. The molecular formula is C19H20N4O3. The van der Waals surface area contributed by atoms with Crippen LogP contribution >= 0.6 is 0 Å². The van der Waals surface area contributed by atoms with Crippen LogP contribution in [0.1, 0.15) is 20.8 Å². The Hall–Kier alpha value is -3.22. The second-order valence-corrected chi connectivity index (χ2v) is 6.06. The summed E-state index contributed by atoms with van der Waals surface area (Å²) in [4.78, 5) is 45.1. The number of pyridine rings is 1. The minimum atomic E-state index is -0.281. The number of anilines is 1. The Labute approximate surface area is 151 Å². The van der Waals surface area contributed by atoms with E-state index in [1.165, 1.54) is 17.2 Å². The van der Waals surface area contributed by atoms with Gasteiger partial charge in [0.2, 0.25) is 6.41 Å². The summed E-state index contributed by atoms with van der Waals surface area (Å²) < 4.78 is 0. The zero-order valence-corrected chi connectivity index (χ0v) is 14.5. The maximum absolute atomic E-state index is 12.7. The van der Waals surface area contributed by atoms with Gasteiger partial charge in [0.25, 0.3) is 11.8 Å². The Balaban J connectivity index is 1.74. The molecule has 1 aromatic carbocycles. The maximum Gasteiger partial charge on any atom is 0.276 e. The summed E-state index contributed by atoms with van der Waals surface area (Å²) in [7, 11) is 1.67. The molecule has 0 bridgehead atoms. The molecule has 1 aliphatic rings. The van der Waals surface area contributed by atoms with Crippen LogP contribution in [0.25, 0.3) is 0 Å². The molecule has 2 aromatic rings. The van der Waals surface area contributed by atoms with E-state index in [1.54, 1.807) is 22.9 Å². The van der Waals surface area contributed by atoms with Crippen LogP contribution in [0.5, 0.6) is 0 Å². The molecule has 7 nitrogen and oxygen atoms in total. The normalized spacial score (nSPS) is 14.0. The van der Waals surface area contributed by atoms with Crippen LogP contribution < -0.4 is 4.90 Å². The number of hydrogen-bond acceptors (Lipinski definition) is 4. The molecule has 0 unspecified atom stereocenters. The number of amides is 3. The highest BCUT2D eigenvalue weighted by Gasteiger charge is 2.23. The summed E-state index contributed by atoms with van der Waals surface area (Å²) in [5.74, 6) is -0.439. The van der Waals surface area contributed by atoms with Crippen LogP contribution in [-0.2, 0) is 4.79 Å². The van der Waals surface area contributed by atoms with Crippen molar-refractivity contribution in [2.24, 2.45) is 0 Å². The standard InChI is InChI=1S/C19H20N4O3/c1-21(16-5-3-2-4-6-16)19(26)17-13-15(7-8-20-17)18(25)23-11-9-22(14-24)10-12-23/h2-8,13-14H,9-12H2,1H3. The minimum absolute atomic E-state index is 0.158. The third-order valence-corrected chi connectivity index (χ3v) is 4.42. The van der Waals surface area contributed by atoms with E-state index >= 15 is 0 Å². The SMILES string of the molecule is CN(C(=O)c1cc(C(=O)N2CCN(C=O)CC2)ccn1)c1ccccc1. The molecule has 3 rings (SSSR count). The summed E-state index contributed by atoms with van der Waals surface area (Å²) in [6.45, 7) is 1.99. The van der Waals surface area contributed by atoms with Crippen molar-refractivity contribution < 1.29 is 14.4 Å². The average molecular weight is 352 g/mol. The highest BCUT2D eigenvalue weighted by molar-refractivity contribution is 6.06. The first kappa shape index (κ1) is 17.6. The van der Waals surface area contributed by atoms with Crippen molar-refractivity contribution in [2.45, 2.75) is 0 Å².